The van der Waals surface area contributed by atoms with Gasteiger partial charge in [0.2, 0.25) is 0 Å². The first-order valence-electron chi connectivity index (χ1n) is 20.2. The molecule has 12 rings (SSSR count). The van der Waals surface area contributed by atoms with Crippen molar-refractivity contribution in [2.75, 3.05) is 37.0 Å². The van der Waals surface area contributed by atoms with Gasteiger partial charge in [-0.05, 0) is 207 Å². The van der Waals surface area contributed by atoms with E-state index in [0.29, 0.717) is 21.7 Å². The Hall–Kier alpha value is 0.990. The third-order valence-electron chi connectivity index (χ3n) is 18.7. The summed E-state index contributed by atoms with van der Waals surface area (Å²) >= 11 is 0. The minimum Gasteiger partial charge on any atom is -0.106 e. The van der Waals surface area contributed by atoms with Gasteiger partial charge >= 0.3 is 0 Å². The van der Waals surface area contributed by atoms with Gasteiger partial charge in [0.1, 0.15) is 0 Å². The van der Waals surface area contributed by atoms with Crippen molar-refractivity contribution in [3.8, 4) is 0 Å². The summed E-state index contributed by atoms with van der Waals surface area (Å²) in [4.78, 5) is 0. The van der Waals surface area contributed by atoms with Gasteiger partial charge in [0.05, 0.1) is 16.8 Å². The summed E-state index contributed by atoms with van der Waals surface area (Å²) in [7, 11) is 0.408. The van der Waals surface area contributed by atoms with E-state index in [-0.39, 0.29) is 32.7 Å². The van der Waals surface area contributed by atoms with Crippen LogP contribution in [0.25, 0.3) is 0 Å². The second-order valence-electron chi connectivity index (χ2n) is 21.3. The van der Waals surface area contributed by atoms with E-state index in [1.165, 1.54) is 0 Å². The second-order valence-corrected chi connectivity index (χ2v) is 26.3. The van der Waals surface area contributed by atoms with Gasteiger partial charge in [-0.15, -0.1) is 15.8 Å². The average molecular weight is 667 g/mol. The van der Waals surface area contributed by atoms with E-state index in [2.05, 4.69) is 55.4 Å². The average Bonchev–Trinajstić information content (AvgIpc) is 2.99. The molecule has 0 spiro atoms. The standard InChI is InChI=1S/C42H72P2.2BH3/c1-39(2)31-13-9-27(35(39)19-31)23-43(24-28-10-14-32-20-36(28)40(32,3)4)17-18-44(25-29-11-15-33-21-37(29)41(33,5)6)26-30-12-16-34-22-38(30)42(34,7)8;;/h27-38H,9-26H2,1-8H3;2*1H3/t27?,28?,29?,30?,31-,32?,33-,34?,35-,36?,37-,38?,43?,44?;;/m0../s1. The molecule has 0 aromatic rings. The predicted octanol–water partition coefficient (Wildman–Crippen LogP) is 9.87. The molecule has 46 heavy (non-hydrogen) atoms. The van der Waals surface area contributed by atoms with Crippen molar-refractivity contribution < 1.29 is 0 Å². The Kier molecular flexibility index (Phi) is 10.3. The molecule has 0 nitrogen and oxygen atoms in total. The fourth-order valence-corrected chi connectivity index (χ4v) is 22.5. The van der Waals surface area contributed by atoms with E-state index in [1.807, 2.05) is 0 Å². The van der Waals surface area contributed by atoms with Gasteiger partial charge in [-0.1, -0.05) is 55.4 Å². The smallest absolute Gasteiger partial charge is 0.0814 e. The number of hydrogen-bond donors (Lipinski definition) is 0. The van der Waals surface area contributed by atoms with E-state index in [9.17, 15) is 0 Å². The van der Waals surface area contributed by atoms with Gasteiger partial charge in [0.15, 0.2) is 0 Å². The van der Waals surface area contributed by atoms with Crippen LogP contribution in [0.15, 0.2) is 0 Å². The summed E-state index contributed by atoms with van der Waals surface area (Å²) in [5, 5.41) is 0. The lowest BCUT2D eigenvalue weighted by atomic mass is 9.46. The van der Waals surface area contributed by atoms with Crippen LogP contribution in [-0.2, 0) is 0 Å². The van der Waals surface area contributed by atoms with Crippen LogP contribution in [0.1, 0.15) is 132 Å². The Morgan fingerprint density at radius 2 is 0.587 bits per heavy atom. The Balaban J connectivity index is 0.00000186. The monoisotopic (exact) mass is 667 g/mol. The molecule has 8 bridgehead atoms. The summed E-state index contributed by atoms with van der Waals surface area (Å²) < 4.78 is 0. The number of fused-ring (bicyclic) bond motifs is 8. The zero-order chi connectivity index (χ0) is 30.8. The maximum Gasteiger partial charge on any atom is 0.0814 e. The molecule has 14 atom stereocenters. The first kappa shape index (κ1) is 36.8. The fourth-order valence-electron chi connectivity index (χ4n) is 14.8. The molecule has 4 heteroatoms. The quantitative estimate of drug-likeness (QED) is 0.152. The molecule has 10 unspecified atom stereocenters. The molecule has 0 aromatic carbocycles. The van der Waals surface area contributed by atoms with E-state index in [4.69, 9.17) is 0 Å². The molecule has 12 fully saturated rings. The third kappa shape index (κ3) is 5.85. The van der Waals surface area contributed by atoms with E-state index in [1.54, 1.807) is 114 Å². The lowest BCUT2D eigenvalue weighted by Gasteiger charge is -2.62. The molecule has 12 aliphatic carbocycles. The fraction of sp³-hybridized carbons (Fsp3) is 1.00. The minimum atomic E-state index is 0. The largest absolute Gasteiger partial charge is 0.106 e. The number of hydrogen-bond acceptors (Lipinski definition) is 0. The summed E-state index contributed by atoms with van der Waals surface area (Å²) in [5.41, 5.74) is 2.64. The molecule has 0 radical (unpaired) electrons. The van der Waals surface area contributed by atoms with Crippen molar-refractivity contribution in [3.63, 3.8) is 0 Å². The highest BCUT2D eigenvalue weighted by molar-refractivity contribution is 7.61. The molecular weight excluding hydrogens is 588 g/mol. The van der Waals surface area contributed by atoms with Crippen LogP contribution >= 0.6 is 15.8 Å². The van der Waals surface area contributed by atoms with Crippen LogP contribution in [-0.4, -0.2) is 53.8 Å². The second kappa shape index (κ2) is 12.9. The summed E-state index contributed by atoms with van der Waals surface area (Å²) in [5.74, 6) is 12.8. The maximum atomic E-state index is 2.66. The van der Waals surface area contributed by atoms with Gasteiger partial charge in [-0.3, -0.25) is 0 Å². The lowest BCUT2D eigenvalue weighted by Crippen LogP contribution is -2.54. The highest BCUT2D eigenvalue weighted by atomic mass is 31.1. The van der Waals surface area contributed by atoms with Crippen LogP contribution in [0.5, 0.6) is 0 Å². The van der Waals surface area contributed by atoms with Gasteiger partial charge in [0, 0.05) is 0 Å². The third-order valence-corrected chi connectivity index (χ3v) is 24.7. The Labute approximate surface area is 293 Å². The van der Waals surface area contributed by atoms with Crippen molar-refractivity contribution in [1.29, 1.82) is 0 Å². The summed E-state index contributed by atoms with van der Waals surface area (Å²) in [6.45, 7) is 21.3. The van der Waals surface area contributed by atoms with Gasteiger partial charge in [-0.2, -0.15) is 0 Å². The molecule has 0 amide bonds. The molecule has 262 valence electrons. The first-order chi connectivity index (χ1) is 20.8. The molecule has 0 aromatic heterocycles. The first-order valence-corrected chi connectivity index (χ1v) is 24.0. The SMILES string of the molecule is B.B.CC1(C)C2CCC(CP(CCP(CC3CCC4CC3C4(C)C)CC3CC[C@H]4C[C@@H]3C4(C)C)CC3CC[C@H]4C[C@@H]3C4(C)C)C1C2. The van der Waals surface area contributed by atoms with Crippen LogP contribution < -0.4 is 0 Å². The highest BCUT2D eigenvalue weighted by Crippen LogP contribution is 2.68. The molecule has 12 saturated carbocycles. The number of rotatable bonds is 11. The van der Waals surface area contributed by atoms with E-state index >= 15 is 0 Å². The van der Waals surface area contributed by atoms with Crippen molar-refractivity contribution in [3.05, 3.63) is 0 Å². The Bertz CT molecular complexity index is 910. The molecular formula is C42H78B2P2. The zero-order valence-corrected chi connectivity index (χ0v) is 32.3. The topological polar surface area (TPSA) is 0 Å². The molecule has 0 heterocycles. The molecule has 0 N–H and O–H groups in total. The van der Waals surface area contributed by atoms with Crippen LogP contribution in [0.4, 0.5) is 0 Å². The zero-order valence-electron chi connectivity index (χ0n) is 30.6. The van der Waals surface area contributed by atoms with Crippen LogP contribution in [0.2, 0.25) is 0 Å². The maximum absolute atomic E-state index is 2.66. The van der Waals surface area contributed by atoms with Crippen molar-refractivity contribution in [1.82, 2.24) is 0 Å². The normalized spacial score (nSPS) is 47.2. The van der Waals surface area contributed by atoms with Gasteiger partial charge in [0.25, 0.3) is 0 Å². The summed E-state index contributed by atoms with van der Waals surface area (Å²) in [6, 6.07) is 0. The van der Waals surface area contributed by atoms with Crippen molar-refractivity contribution in [2.24, 2.45) is 92.7 Å². The van der Waals surface area contributed by atoms with Crippen molar-refractivity contribution in [2.45, 2.75) is 132 Å². The van der Waals surface area contributed by atoms with Crippen molar-refractivity contribution >= 4 is 32.7 Å². The highest BCUT2D eigenvalue weighted by Gasteiger charge is 2.58. The van der Waals surface area contributed by atoms with Crippen LogP contribution in [0.3, 0.4) is 0 Å². The predicted molar refractivity (Wildman–Crippen MR) is 215 cm³/mol. The van der Waals surface area contributed by atoms with E-state index < -0.39 is 0 Å². The minimum absolute atomic E-state index is 0. The van der Waals surface area contributed by atoms with E-state index in [0.717, 1.165) is 71.0 Å². The molecule has 0 aliphatic heterocycles. The molecule has 12 aliphatic rings. The summed E-state index contributed by atoms with van der Waals surface area (Å²) in [6.07, 6.45) is 29.0. The van der Waals surface area contributed by atoms with Crippen LogP contribution in [0, 0.1) is 92.7 Å². The Morgan fingerprint density at radius 3 is 0.761 bits per heavy atom. The van der Waals surface area contributed by atoms with Gasteiger partial charge in [-0.25, -0.2) is 0 Å². The van der Waals surface area contributed by atoms with Gasteiger partial charge < -0.3 is 0 Å². The Morgan fingerprint density at radius 1 is 0.370 bits per heavy atom. The lowest BCUT2D eigenvalue weighted by molar-refractivity contribution is -0.0996. The molecule has 0 saturated heterocycles.